The molecule has 0 aliphatic rings. The first-order valence-electron chi connectivity index (χ1n) is 6.07. The average Bonchev–Trinajstić information content (AvgIpc) is 2.76. The molecule has 20 heavy (non-hydrogen) atoms. The van der Waals surface area contributed by atoms with Crippen molar-refractivity contribution in [1.82, 2.24) is 9.13 Å². The van der Waals surface area contributed by atoms with Crippen LogP contribution in [0.3, 0.4) is 0 Å². The first-order valence-corrected chi connectivity index (χ1v) is 6.88. The predicted octanol–water partition coefficient (Wildman–Crippen LogP) is 1.15. The molecule has 0 radical (unpaired) electrons. The number of carboxylic acids is 1. The molecular formula is C13H14N2O4S. The summed E-state index contributed by atoms with van der Waals surface area (Å²) in [7, 11) is 0. The van der Waals surface area contributed by atoms with Gasteiger partial charge in [-0.1, -0.05) is 0 Å². The number of hydrogen-bond donors (Lipinski definition) is 1. The molecule has 1 N–H and O–H groups in total. The minimum Gasteiger partial charge on any atom is -0.477 e. The second-order valence-corrected chi connectivity index (χ2v) is 5.56. The second kappa shape index (κ2) is 5.46. The van der Waals surface area contributed by atoms with E-state index in [-0.39, 0.29) is 22.7 Å². The maximum absolute atomic E-state index is 12.1. The van der Waals surface area contributed by atoms with E-state index in [1.807, 2.05) is 6.92 Å². The van der Waals surface area contributed by atoms with Gasteiger partial charge in [-0.05, 0) is 25.5 Å². The monoisotopic (exact) mass is 294 g/mol. The molecule has 6 nitrogen and oxygen atoms in total. The van der Waals surface area contributed by atoms with Crippen molar-refractivity contribution in [2.45, 2.75) is 26.9 Å². The molecule has 2 heterocycles. The van der Waals surface area contributed by atoms with Gasteiger partial charge in [0, 0.05) is 23.7 Å². The molecule has 0 spiro atoms. The Morgan fingerprint density at radius 2 is 2.10 bits per heavy atom. The van der Waals surface area contributed by atoms with Crippen LogP contribution in [0.4, 0.5) is 0 Å². The van der Waals surface area contributed by atoms with E-state index < -0.39 is 5.97 Å². The van der Waals surface area contributed by atoms with Gasteiger partial charge in [-0.25, -0.2) is 9.59 Å². The standard InChI is InChI=1S/C13H14N2O4S/c1-3-14-5-4-11(16)15(13(14)19)7-9-6-10(12(17)18)20-8(9)2/h4-6H,3,7H2,1-2H3,(H,17,18). The Hall–Kier alpha value is -2.15. The molecule has 0 fully saturated rings. The van der Waals surface area contributed by atoms with E-state index in [1.54, 1.807) is 6.92 Å². The van der Waals surface area contributed by atoms with Gasteiger partial charge in [-0.15, -0.1) is 11.3 Å². The summed E-state index contributed by atoms with van der Waals surface area (Å²) in [5.74, 6) is -1.00. The molecule has 7 heteroatoms. The molecule has 0 aromatic carbocycles. The molecule has 0 atom stereocenters. The number of rotatable bonds is 4. The number of hydrogen-bond acceptors (Lipinski definition) is 4. The summed E-state index contributed by atoms with van der Waals surface area (Å²) in [5, 5.41) is 8.96. The average molecular weight is 294 g/mol. The van der Waals surface area contributed by atoms with Crippen LogP contribution in [0.15, 0.2) is 27.9 Å². The zero-order valence-electron chi connectivity index (χ0n) is 11.1. The molecule has 0 bridgehead atoms. The molecule has 0 amide bonds. The van der Waals surface area contributed by atoms with E-state index in [0.29, 0.717) is 12.1 Å². The number of aryl methyl sites for hydroxylation is 2. The Morgan fingerprint density at radius 1 is 1.40 bits per heavy atom. The van der Waals surface area contributed by atoms with Crippen LogP contribution in [0, 0.1) is 6.92 Å². The van der Waals surface area contributed by atoms with Crippen LogP contribution in [0.5, 0.6) is 0 Å². The van der Waals surface area contributed by atoms with Crippen LogP contribution in [0.25, 0.3) is 0 Å². The summed E-state index contributed by atoms with van der Waals surface area (Å²) in [4.78, 5) is 35.8. The van der Waals surface area contributed by atoms with E-state index in [2.05, 4.69) is 0 Å². The van der Waals surface area contributed by atoms with Gasteiger partial charge in [-0.3, -0.25) is 9.36 Å². The largest absolute Gasteiger partial charge is 0.477 e. The van der Waals surface area contributed by atoms with Crippen molar-refractivity contribution in [3.63, 3.8) is 0 Å². The van der Waals surface area contributed by atoms with Gasteiger partial charge in [0.25, 0.3) is 5.56 Å². The number of aromatic nitrogens is 2. The van der Waals surface area contributed by atoms with E-state index in [1.165, 1.54) is 22.9 Å². The molecule has 0 saturated carbocycles. The van der Waals surface area contributed by atoms with Crippen LogP contribution < -0.4 is 11.2 Å². The van der Waals surface area contributed by atoms with Crippen LogP contribution in [-0.2, 0) is 13.1 Å². The minimum atomic E-state index is -1.00. The highest BCUT2D eigenvalue weighted by atomic mass is 32.1. The van der Waals surface area contributed by atoms with Crippen molar-refractivity contribution >= 4 is 17.3 Å². The van der Waals surface area contributed by atoms with Gasteiger partial charge in [0.1, 0.15) is 4.88 Å². The van der Waals surface area contributed by atoms with Crippen molar-refractivity contribution in [3.05, 3.63) is 54.5 Å². The molecule has 0 aliphatic heterocycles. The van der Waals surface area contributed by atoms with Gasteiger partial charge in [0.15, 0.2) is 0 Å². The molecule has 2 aromatic heterocycles. The molecule has 0 unspecified atom stereocenters. The summed E-state index contributed by atoms with van der Waals surface area (Å²) < 4.78 is 2.55. The van der Waals surface area contributed by atoms with Crippen molar-refractivity contribution in [2.75, 3.05) is 0 Å². The third-order valence-corrected chi connectivity index (χ3v) is 4.12. The normalized spacial score (nSPS) is 10.7. The SMILES string of the molecule is CCn1ccc(=O)n(Cc2cc(C(=O)O)sc2C)c1=O. The zero-order valence-corrected chi connectivity index (χ0v) is 11.9. The third-order valence-electron chi connectivity index (χ3n) is 3.04. The van der Waals surface area contributed by atoms with E-state index in [9.17, 15) is 14.4 Å². The number of carboxylic acid groups (broad SMARTS) is 1. The van der Waals surface area contributed by atoms with Crippen LogP contribution >= 0.6 is 11.3 Å². The number of thiophene rings is 1. The minimum absolute atomic E-state index is 0.0914. The topological polar surface area (TPSA) is 81.3 Å². The van der Waals surface area contributed by atoms with Crippen molar-refractivity contribution in [2.24, 2.45) is 0 Å². The lowest BCUT2D eigenvalue weighted by Gasteiger charge is -2.07. The van der Waals surface area contributed by atoms with E-state index >= 15 is 0 Å². The molecule has 2 aromatic rings. The maximum Gasteiger partial charge on any atom is 0.345 e. The second-order valence-electron chi connectivity index (χ2n) is 4.31. The lowest BCUT2D eigenvalue weighted by atomic mass is 10.2. The highest BCUT2D eigenvalue weighted by molar-refractivity contribution is 7.14. The quantitative estimate of drug-likeness (QED) is 0.917. The fourth-order valence-electron chi connectivity index (χ4n) is 1.90. The number of aromatic carboxylic acids is 1. The van der Waals surface area contributed by atoms with Crippen molar-refractivity contribution in [1.29, 1.82) is 0 Å². The summed E-state index contributed by atoms with van der Waals surface area (Å²) >= 11 is 1.14. The number of nitrogens with zero attached hydrogens (tertiary/aromatic N) is 2. The Kier molecular flexibility index (Phi) is 3.89. The lowest BCUT2D eigenvalue weighted by Crippen LogP contribution is -2.39. The summed E-state index contributed by atoms with van der Waals surface area (Å²) in [6, 6.07) is 2.85. The lowest BCUT2D eigenvalue weighted by molar-refractivity contribution is 0.0702. The fourth-order valence-corrected chi connectivity index (χ4v) is 2.77. The maximum atomic E-state index is 12.1. The van der Waals surface area contributed by atoms with Gasteiger partial charge >= 0.3 is 11.7 Å². The molecule has 0 saturated heterocycles. The first kappa shape index (κ1) is 14.3. The molecule has 106 valence electrons. The van der Waals surface area contributed by atoms with Crippen LogP contribution in [0.2, 0.25) is 0 Å². The fraction of sp³-hybridized carbons (Fsp3) is 0.308. The van der Waals surface area contributed by atoms with Crippen LogP contribution in [-0.4, -0.2) is 20.2 Å². The zero-order chi connectivity index (χ0) is 14.9. The first-order chi connectivity index (χ1) is 9.43. The Balaban J connectivity index is 2.48. The Bertz CT molecular complexity index is 769. The molecular weight excluding hydrogens is 280 g/mol. The van der Waals surface area contributed by atoms with Gasteiger partial charge in [0.05, 0.1) is 6.54 Å². The van der Waals surface area contributed by atoms with Gasteiger partial charge in [-0.2, -0.15) is 0 Å². The third kappa shape index (κ3) is 2.57. The Morgan fingerprint density at radius 3 is 2.65 bits per heavy atom. The van der Waals surface area contributed by atoms with Gasteiger partial charge < -0.3 is 9.67 Å². The highest BCUT2D eigenvalue weighted by Crippen LogP contribution is 2.21. The predicted molar refractivity (Wildman–Crippen MR) is 75.8 cm³/mol. The van der Waals surface area contributed by atoms with Crippen molar-refractivity contribution in [3.8, 4) is 0 Å². The Labute approximate surface area is 118 Å². The van der Waals surface area contributed by atoms with Gasteiger partial charge in [0.2, 0.25) is 0 Å². The molecule has 0 aliphatic carbocycles. The number of carbonyl (C=O) groups is 1. The van der Waals surface area contributed by atoms with E-state index in [0.717, 1.165) is 20.8 Å². The molecule has 2 rings (SSSR count). The van der Waals surface area contributed by atoms with E-state index in [4.69, 9.17) is 5.11 Å². The smallest absolute Gasteiger partial charge is 0.345 e. The summed E-state index contributed by atoms with van der Waals surface area (Å²) in [6.07, 6.45) is 1.46. The summed E-state index contributed by atoms with van der Waals surface area (Å²) in [6.45, 7) is 4.16. The van der Waals surface area contributed by atoms with Crippen molar-refractivity contribution < 1.29 is 9.90 Å². The highest BCUT2D eigenvalue weighted by Gasteiger charge is 2.13. The summed E-state index contributed by atoms with van der Waals surface area (Å²) in [5.41, 5.74) is -0.0925. The van der Waals surface area contributed by atoms with Crippen LogP contribution in [0.1, 0.15) is 27.0 Å².